The average molecular weight is 441 g/mol. The molecule has 150 valence electrons. The van der Waals surface area contributed by atoms with E-state index in [0.717, 1.165) is 39.0 Å². The predicted molar refractivity (Wildman–Crippen MR) is 113 cm³/mol. The molecule has 0 atom stereocenters. The second-order valence-electron chi connectivity index (χ2n) is 6.03. The summed E-state index contributed by atoms with van der Waals surface area (Å²) in [5.41, 5.74) is -0.459. The van der Waals surface area contributed by atoms with Crippen LogP contribution in [-0.4, -0.2) is 19.5 Å². The Bertz CT molecular complexity index is 1370. The van der Waals surface area contributed by atoms with Gasteiger partial charge in [0, 0.05) is 10.9 Å². The number of hydrogen-bond donors (Lipinski definition) is 1. The Balaban J connectivity index is 1.80. The number of aromatic nitrogens is 2. The average Bonchev–Trinajstić information content (AvgIpc) is 3.16. The van der Waals surface area contributed by atoms with Crippen molar-refractivity contribution < 1.29 is 9.85 Å². The molecule has 2 N–H and O–H groups in total. The van der Waals surface area contributed by atoms with Crippen LogP contribution in [0.3, 0.4) is 0 Å². The van der Waals surface area contributed by atoms with Gasteiger partial charge in [0.25, 0.3) is 16.9 Å². The number of non-ortho nitro benzene ring substituents is 1. The summed E-state index contributed by atoms with van der Waals surface area (Å²) < 4.78 is 0.819. The maximum Gasteiger partial charge on any atom is 0.290 e. The van der Waals surface area contributed by atoms with Gasteiger partial charge in [0.05, 0.1) is 26.2 Å². The number of nitrogen functional groups attached to an aromatic ring is 1. The van der Waals surface area contributed by atoms with Crippen molar-refractivity contribution in [2.45, 2.75) is 10.1 Å². The third-order valence-corrected chi connectivity index (χ3v) is 6.29. The van der Waals surface area contributed by atoms with Crippen LogP contribution in [0.1, 0.15) is 0 Å². The Morgan fingerprint density at radius 1 is 1.03 bits per heavy atom. The van der Waals surface area contributed by atoms with Crippen molar-refractivity contribution in [3.05, 3.63) is 85.2 Å². The number of nitro benzene ring substituents is 2. The maximum atomic E-state index is 12.7. The lowest BCUT2D eigenvalue weighted by Gasteiger charge is -2.07. The lowest BCUT2D eigenvalue weighted by molar-refractivity contribution is -0.396. The fourth-order valence-electron chi connectivity index (χ4n) is 2.74. The quantitative estimate of drug-likeness (QED) is 0.213. The highest BCUT2D eigenvalue weighted by molar-refractivity contribution is 7.99. The van der Waals surface area contributed by atoms with E-state index in [4.69, 9.17) is 5.84 Å². The number of fused-ring (bicyclic) bond motifs is 1. The molecule has 0 amide bonds. The van der Waals surface area contributed by atoms with E-state index in [1.807, 2.05) is 30.3 Å². The zero-order chi connectivity index (χ0) is 21.4. The summed E-state index contributed by atoms with van der Waals surface area (Å²) in [5, 5.41) is 22.6. The molecule has 0 spiro atoms. The van der Waals surface area contributed by atoms with Gasteiger partial charge in [-0.1, -0.05) is 30.3 Å². The number of thiophene rings is 1. The fourth-order valence-corrected chi connectivity index (χ4v) is 4.71. The maximum absolute atomic E-state index is 12.7. The van der Waals surface area contributed by atoms with Gasteiger partial charge in [-0.05, 0) is 29.5 Å². The van der Waals surface area contributed by atoms with Crippen LogP contribution in [0, 0.1) is 20.2 Å². The molecule has 0 fully saturated rings. The molecule has 0 saturated heterocycles. The summed E-state index contributed by atoms with van der Waals surface area (Å²) in [5.74, 6) is 5.90. The van der Waals surface area contributed by atoms with Gasteiger partial charge in [-0.15, -0.1) is 11.3 Å². The van der Waals surface area contributed by atoms with Gasteiger partial charge >= 0.3 is 0 Å². The SMILES string of the molecule is Nn1c(Sc2ccc([N+](=O)[O-])cc2[N+](=O)[O-])nc2sc(-c3ccccc3)cc2c1=O. The normalized spacial score (nSPS) is 10.9. The van der Waals surface area contributed by atoms with Gasteiger partial charge < -0.3 is 5.84 Å². The van der Waals surface area contributed by atoms with Crippen molar-refractivity contribution in [2.75, 3.05) is 5.84 Å². The van der Waals surface area contributed by atoms with Crippen LogP contribution in [0.5, 0.6) is 0 Å². The van der Waals surface area contributed by atoms with Gasteiger partial charge in [0.2, 0.25) is 0 Å². The van der Waals surface area contributed by atoms with Gasteiger partial charge in [-0.3, -0.25) is 25.0 Å². The summed E-state index contributed by atoms with van der Waals surface area (Å²) in [6.07, 6.45) is 0. The van der Waals surface area contributed by atoms with Gasteiger partial charge in [0.1, 0.15) is 4.83 Å². The second-order valence-corrected chi connectivity index (χ2v) is 8.07. The number of rotatable bonds is 5. The topological polar surface area (TPSA) is 147 Å². The van der Waals surface area contributed by atoms with E-state index >= 15 is 0 Å². The third kappa shape index (κ3) is 3.49. The molecular weight excluding hydrogens is 430 g/mol. The molecule has 0 bridgehead atoms. The van der Waals surface area contributed by atoms with Crippen LogP contribution >= 0.6 is 23.1 Å². The lowest BCUT2D eigenvalue weighted by atomic mass is 10.2. The van der Waals surface area contributed by atoms with Gasteiger partial charge in [-0.25, -0.2) is 9.66 Å². The smallest absolute Gasteiger partial charge is 0.290 e. The zero-order valence-corrected chi connectivity index (χ0v) is 16.6. The van der Waals surface area contributed by atoms with Crippen molar-refractivity contribution in [1.82, 2.24) is 9.66 Å². The van der Waals surface area contributed by atoms with Crippen LogP contribution in [0.15, 0.2) is 69.4 Å². The van der Waals surface area contributed by atoms with Crippen LogP contribution < -0.4 is 11.4 Å². The number of nitrogens with zero attached hydrogens (tertiary/aromatic N) is 4. The first kappa shape index (κ1) is 19.5. The van der Waals surface area contributed by atoms with Crippen LogP contribution in [0.4, 0.5) is 11.4 Å². The third-order valence-electron chi connectivity index (χ3n) is 4.17. The van der Waals surface area contributed by atoms with E-state index in [0.29, 0.717) is 10.2 Å². The van der Waals surface area contributed by atoms with Crippen molar-refractivity contribution in [3.8, 4) is 10.4 Å². The van der Waals surface area contributed by atoms with Crippen LogP contribution in [0.25, 0.3) is 20.7 Å². The van der Waals surface area contributed by atoms with E-state index in [2.05, 4.69) is 4.98 Å². The molecule has 0 unspecified atom stereocenters. The van der Waals surface area contributed by atoms with E-state index in [1.54, 1.807) is 6.07 Å². The fraction of sp³-hybridized carbons (Fsp3) is 0. The Hall–Kier alpha value is -3.77. The highest BCUT2D eigenvalue weighted by atomic mass is 32.2. The molecule has 0 aliphatic heterocycles. The molecule has 2 heterocycles. The van der Waals surface area contributed by atoms with Gasteiger partial charge in [-0.2, -0.15) is 0 Å². The summed E-state index contributed by atoms with van der Waals surface area (Å²) >= 11 is 2.09. The monoisotopic (exact) mass is 441 g/mol. The number of nitrogens with two attached hydrogens (primary N) is 1. The van der Waals surface area contributed by atoms with Crippen LogP contribution in [-0.2, 0) is 0 Å². The van der Waals surface area contributed by atoms with Gasteiger partial charge in [0.15, 0.2) is 5.16 Å². The van der Waals surface area contributed by atoms with Crippen molar-refractivity contribution in [2.24, 2.45) is 0 Å². The summed E-state index contributed by atoms with van der Waals surface area (Å²) in [6.45, 7) is 0. The minimum Gasteiger partial charge on any atom is -0.334 e. The molecule has 12 heteroatoms. The minimum absolute atomic E-state index is 0.0333. The highest BCUT2D eigenvalue weighted by Crippen LogP contribution is 2.37. The Morgan fingerprint density at radius 2 is 1.77 bits per heavy atom. The molecule has 4 aromatic rings. The Morgan fingerprint density at radius 3 is 2.43 bits per heavy atom. The Labute approximate surface area is 175 Å². The molecule has 0 aliphatic rings. The summed E-state index contributed by atoms with van der Waals surface area (Å²) in [4.78, 5) is 39.3. The molecule has 30 heavy (non-hydrogen) atoms. The highest BCUT2D eigenvalue weighted by Gasteiger charge is 2.22. The van der Waals surface area contributed by atoms with E-state index in [-0.39, 0.29) is 10.1 Å². The molecule has 4 rings (SSSR count). The summed E-state index contributed by atoms with van der Waals surface area (Å²) in [6, 6.07) is 14.4. The van der Waals surface area contributed by atoms with Crippen molar-refractivity contribution in [3.63, 3.8) is 0 Å². The van der Waals surface area contributed by atoms with Crippen LogP contribution in [0.2, 0.25) is 0 Å². The standard InChI is InChI=1S/C18H11N5O5S2/c19-21-17(24)12-9-15(10-4-2-1-3-5-10)29-16(12)20-18(21)30-14-7-6-11(22(25)26)8-13(14)23(27)28/h1-9H,19H2. The molecule has 10 nitrogen and oxygen atoms in total. The van der Waals surface area contributed by atoms with Crippen molar-refractivity contribution in [1.29, 1.82) is 0 Å². The van der Waals surface area contributed by atoms with E-state index < -0.39 is 26.8 Å². The van der Waals surface area contributed by atoms with E-state index in [1.165, 1.54) is 17.4 Å². The molecule has 0 radical (unpaired) electrons. The largest absolute Gasteiger partial charge is 0.334 e. The first-order valence-corrected chi connectivity index (χ1v) is 9.96. The molecule has 0 saturated carbocycles. The van der Waals surface area contributed by atoms with Crippen molar-refractivity contribution >= 4 is 44.7 Å². The molecule has 2 aromatic carbocycles. The summed E-state index contributed by atoms with van der Waals surface area (Å²) in [7, 11) is 0. The molecular formula is C18H11N5O5S2. The minimum atomic E-state index is -0.731. The number of nitro groups is 2. The molecule has 2 aromatic heterocycles. The predicted octanol–water partition coefficient (Wildman–Crippen LogP) is 3.81. The number of benzene rings is 2. The zero-order valence-electron chi connectivity index (χ0n) is 14.9. The molecule has 0 aliphatic carbocycles. The Kier molecular flexibility index (Phi) is 4.93. The first-order valence-electron chi connectivity index (χ1n) is 8.33. The lowest BCUT2D eigenvalue weighted by Crippen LogP contribution is -2.29. The second kappa shape index (κ2) is 7.57. The first-order chi connectivity index (χ1) is 14.3. The van der Waals surface area contributed by atoms with E-state index in [9.17, 15) is 25.0 Å². The number of hydrogen-bond acceptors (Lipinski definition) is 9.